The lowest BCUT2D eigenvalue weighted by atomic mass is 9.83. The number of ether oxygens (including phenoxy) is 2. The molecule has 2 aliphatic rings. The zero-order valence-electron chi connectivity index (χ0n) is 15.2. The average Bonchev–Trinajstić information content (AvgIpc) is 3.06. The quantitative estimate of drug-likeness (QED) is 0.338. The molecule has 1 aromatic rings. The Morgan fingerprint density at radius 1 is 1.15 bits per heavy atom. The van der Waals surface area contributed by atoms with Crippen LogP contribution in [0.15, 0.2) is 30.3 Å². The summed E-state index contributed by atoms with van der Waals surface area (Å²) in [6, 6.07) is 9.39. The predicted octanol–water partition coefficient (Wildman–Crippen LogP) is 0.375. The Balaban J connectivity index is 1.95. The van der Waals surface area contributed by atoms with Crippen LogP contribution in [0.25, 0.3) is 0 Å². The van der Waals surface area contributed by atoms with Gasteiger partial charge in [0, 0.05) is 30.9 Å². The highest BCUT2D eigenvalue weighted by molar-refractivity contribution is 6.01. The number of β-amino-alcohol motifs (C(OH)–C–C–N with tert-alkyl or cyclic N) is 1. The first-order valence-corrected chi connectivity index (χ1v) is 8.53. The van der Waals surface area contributed by atoms with E-state index >= 15 is 0 Å². The first-order valence-electron chi connectivity index (χ1n) is 8.53. The number of fused-ring (bicyclic) bond motifs is 1. The van der Waals surface area contributed by atoms with Crippen molar-refractivity contribution in [1.29, 1.82) is 0 Å². The molecule has 1 aliphatic heterocycles. The molecule has 1 N–H and O–H groups in total. The summed E-state index contributed by atoms with van der Waals surface area (Å²) in [7, 11) is 2.21. The minimum Gasteiger partial charge on any atom is -0.468 e. The molecular weight excluding hydrogens is 356 g/mol. The maximum absolute atomic E-state index is 12.4. The average molecular weight is 378 g/mol. The number of esters is 2. The van der Waals surface area contributed by atoms with Gasteiger partial charge in [-0.05, 0) is 5.56 Å². The van der Waals surface area contributed by atoms with Gasteiger partial charge in [0.05, 0.1) is 20.8 Å². The molecular formula is C18H22N2O7. The maximum Gasteiger partial charge on any atom is 0.323 e. The standard InChI is InChI=1S/C18H22N2O7/c1-26-14(21)16(15(22)27-2)9-17(20(24)25)11-19(12-18(17,23)10-16)8-13-6-4-3-5-7-13/h3-7,23H,8-12H2,1-2H3/t17-,18+/m1/s1. The van der Waals surface area contributed by atoms with Crippen molar-refractivity contribution >= 4 is 11.9 Å². The highest BCUT2D eigenvalue weighted by Gasteiger charge is 2.79. The van der Waals surface area contributed by atoms with Crippen LogP contribution < -0.4 is 0 Å². The van der Waals surface area contributed by atoms with Crippen LogP contribution in [-0.2, 0) is 25.6 Å². The number of nitro groups is 1. The molecule has 3 rings (SSSR count). The third kappa shape index (κ3) is 2.78. The number of hydrogen-bond acceptors (Lipinski definition) is 8. The second-order valence-corrected chi connectivity index (χ2v) is 7.37. The first-order chi connectivity index (χ1) is 12.7. The summed E-state index contributed by atoms with van der Waals surface area (Å²) in [5.74, 6) is -1.85. The van der Waals surface area contributed by atoms with Gasteiger partial charge in [-0.25, -0.2) is 0 Å². The molecule has 146 valence electrons. The van der Waals surface area contributed by atoms with E-state index in [1.807, 2.05) is 30.3 Å². The van der Waals surface area contributed by atoms with Gasteiger partial charge in [0.1, 0.15) is 5.60 Å². The van der Waals surface area contributed by atoms with Gasteiger partial charge >= 0.3 is 11.9 Å². The van der Waals surface area contributed by atoms with Crippen molar-refractivity contribution in [3.63, 3.8) is 0 Å². The topological polar surface area (TPSA) is 119 Å². The number of carbonyl (C=O) groups excluding carboxylic acids is 2. The van der Waals surface area contributed by atoms with Crippen LogP contribution in [0.5, 0.6) is 0 Å². The molecule has 2 fully saturated rings. The van der Waals surface area contributed by atoms with Crippen LogP contribution in [0, 0.1) is 15.5 Å². The molecule has 1 heterocycles. The summed E-state index contributed by atoms with van der Waals surface area (Å²) >= 11 is 0. The van der Waals surface area contributed by atoms with Crippen molar-refractivity contribution in [2.75, 3.05) is 27.3 Å². The van der Waals surface area contributed by atoms with Crippen molar-refractivity contribution in [3.05, 3.63) is 46.0 Å². The largest absolute Gasteiger partial charge is 0.468 e. The molecule has 0 spiro atoms. The van der Waals surface area contributed by atoms with E-state index in [4.69, 9.17) is 9.47 Å². The third-order valence-electron chi connectivity index (χ3n) is 5.78. The zero-order valence-corrected chi connectivity index (χ0v) is 15.2. The van der Waals surface area contributed by atoms with Crippen LogP contribution in [0.2, 0.25) is 0 Å². The summed E-state index contributed by atoms with van der Waals surface area (Å²) in [5.41, 5.74) is -4.64. The van der Waals surface area contributed by atoms with Gasteiger partial charge < -0.3 is 14.6 Å². The van der Waals surface area contributed by atoms with Crippen LogP contribution in [0.1, 0.15) is 18.4 Å². The Morgan fingerprint density at radius 2 is 1.74 bits per heavy atom. The van der Waals surface area contributed by atoms with Crippen molar-refractivity contribution in [2.24, 2.45) is 5.41 Å². The summed E-state index contributed by atoms with van der Waals surface area (Å²) in [6.45, 7) is 0.307. The summed E-state index contributed by atoms with van der Waals surface area (Å²) in [5, 5.41) is 23.3. The highest BCUT2D eigenvalue weighted by Crippen LogP contribution is 2.56. The van der Waals surface area contributed by atoms with E-state index in [9.17, 15) is 24.8 Å². The van der Waals surface area contributed by atoms with Gasteiger partial charge in [-0.15, -0.1) is 0 Å². The van der Waals surface area contributed by atoms with Crippen molar-refractivity contribution in [3.8, 4) is 0 Å². The normalized spacial score (nSPS) is 29.1. The number of benzene rings is 1. The molecule has 0 bridgehead atoms. The molecule has 0 aromatic heterocycles. The van der Waals surface area contributed by atoms with Crippen LogP contribution in [0.4, 0.5) is 0 Å². The SMILES string of the molecule is COC(=O)C1(C(=O)OC)C[C@]2(O)CN(Cc3ccccc3)C[C@]2([N+](=O)[O-])C1. The van der Waals surface area contributed by atoms with Crippen LogP contribution in [0.3, 0.4) is 0 Å². The molecule has 1 aliphatic carbocycles. The predicted molar refractivity (Wildman–Crippen MR) is 92.1 cm³/mol. The summed E-state index contributed by atoms with van der Waals surface area (Å²) in [4.78, 5) is 38.0. The number of likely N-dealkylation sites (tertiary alicyclic amines) is 1. The number of carbonyl (C=O) groups is 2. The van der Waals surface area contributed by atoms with Crippen LogP contribution >= 0.6 is 0 Å². The van der Waals surface area contributed by atoms with E-state index in [1.54, 1.807) is 4.90 Å². The molecule has 9 heteroatoms. The lowest BCUT2D eigenvalue weighted by molar-refractivity contribution is -0.583. The van der Waals surface area contributed by atoms with E-state index in [0.29, 0.717) is 6.54 Å². The Bertz CT molecular complexity index is 752. The molecule has 0 unspecified atom stereocenters. The van der Waals surface area contributed by atoms with Gasteiger partial charge in [0.2, 0.25) is 0 Å². The molecule has 1 saturated carbocycles. The monoisotopic (exact) mass is 378 g/mol. The van der Waals surface area contributed by atoms with Gasteiger partial charge in [-0.1, -0.05) is 30.3 Å². The lowest BCUT2D eigenvalue weighted by Crippen LogP contribution is -2.54. The van der Waals surface area contributed by atoms with E-state index in [-0.39, 0.29) is 13.1 Å². The maximum atomic E-state index is 12.4. The molecule has 0 amide bonds. The van der Waals surface area contributed by atoms with Crippen LogP contribution in [-0.4, -0.2) is 65.3 Å². The Hall–Kier alpha value is -2.52. The van der Waals surface area contributed by atoms with Gasteiger partial charge in [-0.2, -0.15) is 0 Å². The number of hydrogen-bond donors (Lipinski definition) is 1. The molecule has 0 radical (unpaired) electrons. The summed E-state index contributed by atoms with van der Waals surface area (Å²) in [6.07, 6.45) is -0.875. The van der Waals surface area contributed by atoms with Gasteiger partial charge in [0.15, 0.2) is 5.41 Å². The molecule has 27 heavy (non-hydrogen) atoms. The number of aliphatic hydroxyl groups is 1. The van der Waals surface area contributed by atoms with E-state index in [1.165, 1.54) is 0 Å². The summed E-state index contributed by atoms with van der Waals surface area (Å²) < 4.78 is 9.46. The Labute approximate surface area is 156 Å². The van der Waals surface area contributed by atoms with E-state index in [2.05, 4.69) is 0 Å². The fourth-order valence-corrected chi connectivity index (χ4v) is 4.60. The van der Waals surface area contributed by atoms with E-state index in [0.717, 1.165) is 19.8 Å². The zero-order chi connectivity index (χ0) is 19.9. The number of methoxy groups -OCH3 is 2. The minimum atomic E-state index is -1.88. The Kier molecular flexibility index (Phi) is 4.69. The van der Waals surface area contributed by atoms with E-state index < -0.39 is 46.3 Å². The minimum absolute atomic E-state index is 0.0292. The molecule has 2 atom stereocenters. The smallest absolute Gasteiger partial charge is 0.323 e. The first kappa shape index (κ1) is 19.2. The Morgan fingerprint density at radius 3 is 2.22 bits per heavy atom. The lowest BCUT2D eigenvalue weighted by Gasteiger charge is -2.26. The fraction of sp³-hybridized carbons (Fsp3) is 0.556. The second kappa shape index (κ2) is 6.58. The molecule has 9 nitrogen and oxygen atoms in total. The second-order valence-electron chi connectivity index (χ2n) is 7.37. The van der Waals surface area contributed by atoms with Crippen molar-refractivity contribution in [2.45, 2.75) is 30.5 Å². The highest BCUT2D eigenvalue weighted by atomic mass is 16.6. The molecule has 1 aromatic carbocycles. The number of rotatable bonds is 5. The molecule has 1 saturated heterocycles. The van der Waals surface area contributed by atoms with Crippen molar-refractivity contribution in [1.82, 2.24) is 4.90 Å². The van der Waals surface area contributed by atoms with Crippen molar-refractivity contribution < 1.29 is 29.1 Å². The fourth-order valence-electron chi connectivity index (χ4n) is 4.60. The number of nitrogens with zero attached hydrogens (tertiary/aromatic N) is 2. The third-order valence-corrected chi connectivity index (χ3v) is 5.78. The van der Waals surface area contributed by atoms with Gasteiger partial charge in [-0.3, -0.25) is 24.6 Å². The van der Waals surface area contributed by atoms with Gasteiger partial charge in [0.25, 0.3) is 5.54 Å².